The second-order valence-corrected chi connectivity index (χ2v) is 6.83. The number of hydrogen-bond donors (Lipinski definition) is 0. The van der Waals surface area contributed by atoms with Crippen LogP contribution in [0.2, 0.25) is 10.0 Å². The Labute approximate surface area is 170 Å². The highest BCUT2D eigenvalue weighted by molar-refractivity contribution is 6.42. The van der Waals surface area contributed by atoms with Crippen molar-refractivity contribution in [3.63, 3.8) is 0 Å². The predicted octanol–water partition coefficient (Wildman–Crippen LogP) is 5.91. The molecule has 0 radical (unpaired) electrons. The van der Waals surface area contributed by atoms with Crippen molar-refractivity contribution in [2.45, 2.75) is 39.9 Å². The Bertz CT molecular complexity index is 777. The van der Waals surface area contributed by atoms with Gasteiger partial charge in [-0.15, -0.1) is 0 Å². The monoisotopic (exact) mass is 410 g/mol. The number of esters is 1. The highest BCUT2D eigenvalue weighted by Gasteiger charge is 2.18. The van der Waals surface area contributed by atoms with Crippen molar-refractivity contribution in [1.29, 1.82) is 0 Å². The molecule has 0 bridgehead atoms. The van der Waals surface area contributed by atoms with E-state index in [1.807, 2.05) is 38.1 Å². The molecule has 2 rings (SSSR count). The third kappa shape index (κ3) is 6.42. The Balaban J connectivity index is 2.08. The van der Waals surface area contributed by atoms with Crippen molar-refractivity contribution in [1.82, 2.24) is 0 Å². The van der Waals surface area contributed by atoms with Crippen molar-refractivity contribution < 1.29 is 19.0 Å². The van der Waals surface area contributed by atoms with Crippen molar-refractivity contribution in [2.24, 2.45) is 0 Å². The SMILES string of the molecule is CCOC(=O)C[C@H](OCC)c1ccc(OCc2ccc(Cl)c(Cl)c2)c(C)c1. The van der Waals surface area contributed by atoms with Crippen LogP contribution in [0.15, 0.2) is 36.4 Å². The molecule has 0 N–H and O–H groups in total. The van der Waals surface area contributed by atoms with Crippen LogP contribution in [0.1, 0.15) is 43.1 Å². The van der Waals surface area contributed by atoms with Gasteiger partial charge in [0, 0.05) is 6.61 Å². The maximum atomic E-state index is 11.8. The van der Waals surface area contributed by atoms with Crippen LogP contribution in [0.25, 0.3) is 0 Å². The lowest BCUT2D eigenvalue weighted by Crippen LogP contribution is -2.13. The van der Waals surface area contributed by atoms with Gasteiger partial charge in [-0.05, 0) is 61.7 Å². The van der Waals surface area contributed by atoms with Gasteiger partial charge in [0.25, 0.3) is 0 Å². The van der Waals surface area contributed by atoms with Crippen LogP contribution in [0.5, 0.6) is 5.75 Å². The topological polar surface area (TPSA) is 44.8 Å². The number of carbonyl (C=O) groups is 1. The van der Waals surface area contributed by atoms with E-state index >= 15 is 0 Å². The molecule has 6 heteroatoms. The smallest absolute Gasteiger partial charge is 0.308 e. The zero-order valence-electron chi connectivity index (χ0n) is 15.8. The number of ether oxygens (including phenoxy) is 3. The van der Waals surface area contributed by atoms with Crippen molar-refractivity contribution in [3.05, 3.63) is 63.1 Å². The Hall–Kier alpha value is -1.75. The van der Waals surface area contributed by atoms with Crippen molar-refractivity contribution in [2.75, 3.05) is 13.2 Å². The van der Waals surface area contributed by atoms with Gasteiger partial charge in [-0.2, -0.15) is 0 Å². The standard InChI is InChI=1S/C21H24Cl2O4/c1-4-25-20(12-21(24)26-5-2)16-7-9-19(14(3)10-16)27-13-15-6-8-17(22)18(23)11-15/h6-11,20H,4-5,12-13H2,1-3H3/t20-/m0/s1. The van der Waals surface area contributed by atoms with E-state index in [4.69, 9.17) is 37.4 Å². The first kappa shape index (κ1) is 21.5. The minimum absolute atomic E-state index is 0.185. The Morgan fingerprint density at radius 3 is 2.44 bits per heavy atom. The number of rotatable bonds is 9. The first-order chi connectivity index (χ1) is 12.9. The first-order valence-electron chi connectivity index (χ1n) is 8.89. The largest absolute Gasteiger partial charge is 0.489 e. The molecule has 0 fully saturated rings. The molecule has 0 saturated carbocycles. The fourth-order valence-electron chi connectivity index (χ4n) is 2.67. The molecule has 2 aromatic carbocycles. The summed E-state index contributed by atoms with van der Waals surface area (Å²) < 4.78 is 16.7. The van der Waals surface area contributed by atoms with Gasteiger partial charge in [0.05, 0.1) is 29.2 Å². The van der Waals surface area contributed by atoms with Gasteiger partial charge in [0.2, 0.25) is 0 Å². The molecular weight excluding hydrogens is 387 g/mol. The molecule has 0 aromatic heterocycles. The fourth-order valence-corrected chi connectivity index (χ4v) is 2.99. The Morgan fingerprint density at radius 2 is 1.81 bits per heavy atom. The van der Waals surface area contributed by atoms with Gasteiger partial charge < -0.3 is 14.2 Å². The lowest BCUT2D eigenvalue weighted by Gasteiger charge is -2.18. The summed E-state index contributed by atoms with van der Waals surface area (Å²) in [6, 6.07) is 11.2. The van der Waals surface area contributed by atoms with E-state index in [-0.39, 0.29) is 18.5 Å². The predicted molar refractivity (Wildman–Crippen MR) is 108 cm³/mol. The van der Waals surface area contributed by atoms with Crippen LogP contribution >= 0.6 is 23.2 Å². The van der Waals surface area contributed by atoms with Crippen molar-refractivity contribution >= 4 is 29.2 Å². The van der Waals surface area contributed by atoms with Gasteiger partial charge >= 0.3 is 5.97 Å². The van der Waals surface area contributed by atoms with Gasteiger partial charge in [0.15, 0.2) is 0 Å². The van der Waals surface area contributed by atoms with Crippen LogP contribution in [0.3, 0.4) is 0 Å². The summed E-state index contributed by atoms with van der Waals surface area (Å²) in [6.45, 7) is 6.91. The van der Waals surface area contributed by atoms with Crippen LogP contribution in [-0.2, 0) is 20.9 Å². The quantitative estimate of drug-likeness (QED) is 0.481. The molecular formula is C21H24Cl2O4. The molecule has 4 nitrogen and oxygen atoms in total. The highest BCUT2D eigenvalue weighted by Crippen LogP contribution is 2.28. The summed E-state index contributed by atoms with van der Waals surface area (Å²) in [6.07, 6.45) is -0.151. The molecule has 0 aliphatic carbocycles. The lowest BCUT2D eigenvalue weighted by atomic mass is 10.0. The average molecular weight is 411 g/mol. The minimum Gasteiger partial charge on any atom is -0.489 e. The van der Waals surface area contributed by atoms with Gasteiger partial charge in [-0.25, -0.2) is 0 Å². The summed E-state index contributed by atoms with van der Waals surface area (Å²) in [5.41, 5.74) is 2.81. The second kappa shape index (κ2) is 10.5. The van der Waals surface area contributed by atoms with Crippen LogP contribution in [0.4, 0.5) is 0 Å². The molecule has 0 unspecified atom stereocenters. The van der Waals surface area contributed by atoms with E-state index in [0.29, 0.717) is 29.9 Å². The van der Waals surface area contributed by atoms with Gasteiger partial charge in [-0.1, -0.05) is 35.3 Å². The molecule has 0 heterocycles. The van der Waals surface area contributed by atoms with Crippen LogP contribution in [-0.4, -0.2) is 19.2 Å². The zero-order valence-corrected chi connectivity index (χ0v) is 17.3. The second-order valence-electron chi connectivity index (χ2n) is 6.02. The fraction of sp³-hybridized carbons (Fsp3) is 0.381. The van der Waals surface area contributed by atoms with Crippen LogP contribution < -0.4 is 4.74 Å². The molecule has 27 heavy (non-hydrogen) atoms. The van der Waals surface area contributed by atoms with E-state index in [1.54, 1.807) is 19.1 Å². The number of benzene rings is 2. The summed E-state index contributed by atoms with van der Waals surface area (Å²) in [4.78, 5) is 11.8. The Morgan fingerprint density at radius 1 is 1.04 bits per heavy atom. The molecule has 2 aromatic rings. The molecule has 1 atom stereocenters. The molecule has 0 spiro atoms. The van der Waals surface area contributed by atoms with E-state index in [2.05, 4.69) is 0 Å². The Kier molecular flexibility index (Phi) is 8.42. The van der Waals surface area contributed by atoms with E-state index in [0.717, 1.165) is 22.4 Å². The van der Waals surface area contributed by atoms with Gasteiger partial charge in [0.1, 0.15) is 12.4 Å². The number of hydrogen-bond acceptors (Lipinski definition) is 4. The average Bonchev–Trinajstić information content (AvgIpc) is 2.63. The first-order valence-corrected chi connectivity index (χ1v) is 9.64. The molecule has 146 valence electrons. The van der Waals surface area contributed by atoms with E-state index < -0.39 is 0 Å². The highest BCUT2D eigenvalue weighted by atomic mass is 35.5. The zero-order chi connectivity index (χ0) is 19.8. The molecule has 0 amide bonds. The third-order valence-electron chi connectivity index (χ3n) is 3.97. The summed E-state index contributed by atoms with van der Waals surface area (Å²) >= 11 is 12.0. The van der Waals surface area contributed by atoms with E-state index in [9.17, 15) is 4.79 Å². The summed E-state index contributed by atoms with van der Waals surface area (Å²) in [5.74, 6) is 0.491. The van der Waals surface area contributed by atoms with Crippen molar-refractivity contribution in [3.8, 4) is 5.75 Å². The summed E-state index contributed by atoms with van der Waals surface area (Å²) in [7, 11) is 0. The lowest BCUT2D eigenvalue weighted by molar-refractivity contribution is -0.146. The molecule has 0 aliphatic heterocycles. The van der Waals surface area contributed by atoms with Crippen LogP contribution in [0, 0.1) is 6.92 Å². The number of halogens is 2. The third-order valence-corrected chi connectivity index (χ3v) is 4.71. The summed E-state index contributed by atoms with van der Waals surface area (Å²) in [5, 5.41) is 1.02. The number of carbonyl (C=O) groups excluding carboxylic acids is 1. The maximum Gasteiger partial charge on any atom is 0.308 e. The molecule has 0 aliphatic rings. The van der Waals surface area contributed by atoms with Gasteiger partial charge in [-0.3, -0.25) is 4.79 Å². The normalized spacial score (nSPS) is 11.9. The van der Waals surface area contributed by atoms with E-state index in [1.165, 1.54) is 0 Å². The molecule has 0 saturated heterocycles. The minimum atomic E-state index is -0.336. The maximum absolute atomic E-state index is 11.8. The number of aryl methyl sites for hydroxylation is 1.